The number of carbonyl (C=O) groups excluding carboxylic acids is 2. The summed E-state index contributed by atoms with van der Waals surface area (Å²) in [4.78, 5) is 38.6. The lowest BCUT2D eigenvalue weighted by Crippen LogP contribution is -2.42. The Morgan fingerprint density at radius 2 is 2.04 bits per heavy atom. The molecule has 1 aliphatic rings. The third-order valence-corrected chi connectivity index (χ3v) is 5.47. The van der Waals surface area contributed by atoms with Crippen LogP contribution in [-0.4, -0.2) is 46.8 Å². The molecule has 1 aliphatic heterocycles. The Labute approximate surface area is 155 Å². The van der Waals surface area contributed by atoms with Crippen molar-refractivity contribution in [2.45, 2.75) is 25.8 Å². The first kappa shape index (κ1) is 18.3. The topological polar surface area (TPSA) is 81.5 Å². The molecule has 0 bridgehead atoms. The largest absolute Gasteiger partial charge is 0.469 e. The number of carbonyl (C=O) groups is 2. The number of amides is 1. The summed E-state index contributed by atoms with van der Waals surface area (Å²) in [5.41, 5.74) is 0.392. The van der Waals surface area contributed by atoms with Crippen LogP contribution in [-0.2, 0) is 20.9 Å². The number of esters is 1. The van der Waals surface area contributed by atoms with E-state index in [9.17, 15) is 14.4 Å². The predicted octanol–water partition coefficient (Wildman–Crippen LogP) is 1.77. The second-order valence-corrected chi connectivity index (χ2v) is 7.24. The zero-order chi connectivity index (χ0) is 18.5. The molecule has 2 aromatic heterocycles. The van der Waals surface area contributed by atoms with Crippen LogP contribution in [0.2, 0.25) is 0 Å². The smallest absolute Gasteiger partial charge is 0.305 e. The molecule has 7 nitrogen and oxygen atoms in total. The van der Waals surface area contributed by atoms with E-state index < -0.39 is 0 Å². The lowest BCUT2D eigenvalue weighted by Gasteiger charge is -2.31. The summed E-state index contributed by atoms with van der Waals surface area (Å²) < 4.78 is 5.92. The highest BCUT2D eigenvalue weighted by Crippen LogP contribution is 2.22. The van der Waals surface area contributed by atoms with Gasteiger partial charge in [-0.2, -0.15) is 5.10 Å². The fourth-order valence-electron chi connectivity index (χ4n) is 3.05. The maximum Gasteiger partial charge on any atom is 0.305 e. The maximum absolute atomic E-state index is 12.5. The van der Waals surface area contributed by atoms with Crippen molar-refractivity contribution in [3.8, 4) is 10.6 Å². The van der Waals surface area contributed by atoms with E-state index >= 15 is 0 Å². The first-order valence-electron chi connectivity index (χ1n) is 8.53. The Morgan fingerprint density at radius 1 is 1.27 bits per heavy atom. The van der Waals surface area contributed by atoms with E-state index in [2.05, 4.69) is 5.10 Å². The first-order chi connectivity index (χ1) is 12.6. The SMILES string of the molecule is COC(=O)CC1CCN(C(=O)Cn2nc(-c3cccs3)ccc2=O)CC1. The number of aromatic nitrogens is 2. The Bertz CT molecular complexity index is 823. The van der Waals surface area contributed by atoms with Crippen molar-refractivity contribution in [1.82, 2.24) is 14.7 Å². The highest BCUT2D eigenvalue weighted by Gasteiger charge is 2.25. The minimum Gasteiger partial charge on any atom is -0.469 e. The lowest BCUT2D eigenvalue weighted by molar-refractivity contribution is -0.142. The summed E-state index contributed by atoms with van der Waals surface area (Å²) >= 11 is 1.53. The fraction of sp³-hybridized carbons (Fsp3) is 0.444. The molecule has 0 atom stereocenters. The van der Waals surface area contributed by atoms with Gasteiger partial charge in [0.05, 0.1) is 12.0 Å². The minimum absolute atomic E-state index is 0.0697. The molecule has 3 heterocycles. The standard InChI is InChI=1S/C18H21N3O4S/c1-25-18(24)11-13-6-8-20(9-7-13)17(23)12-21-16(22)5-4-14(19-21)15-3-2-10-26-15/h2-5,10,13H,6-9,11-12H2,1H3. The first-order valence-corrected chi connectivity index (χ1v) is 9.41. The molecule has 3 rings (SSSR count). The van der Waals surface area contributed by atoms with Crippen molar-refractivity contribution < 1.29 is 14.3 Å². The number of piperidine rings is 1. The molecule has 0 aliphatic carbocycles. The van der Waals surface area contributed by atoms with E-state index in [1.807, 2.05) is 17.5 Å². The van der Waals surface area contributed by atoms with Gasteiger partial charge in [0.25, 0.3) is 5.56 Å². The number of thiophene rings is 1. The number of methoxy groups -OCH3 is 1. The van der Waals surface area contributed by atoms with Crippen LogP contribution in [0.25, 0.3) is 10.6 Å². The molecular formula is C18H21N3O4S. The van der Waals surface area contributed by atoms with Gasteiger partial charge in [0.15, 0.2) is 0 Å². The number of nitrogens with zero attached hydrogens (tertiary/aromatic N) is 3. The molecule has 26 heavy (non-hydrogen) atoms. The van der Waals surface area contributed by atoms with Gasteiger partial charge in [0.1, 0.15) is 12.2 Å². The van der Waals surface area contributed by atoms with Crippen LogP contribution in [0.15, 0.2) is 34.4 Å². The number of rotatable bonds is 5. The van der Waals surface area contributed by atoms with Crippen LogP contribution in [0.4, 0.5) is 0 Å². The Balaban J connectivity index is 1.61. The van der Waals surface area contributed by atoms with E-state index in [4.69, 9.17) is 4.74 Å². The normalized spacial score (nSPS) is 15.0. The van der Waals surface area contributed by atoms with Gasteiger partial charge in [0, 0.05) is 25.6 Å². The highest BCUT2D eigenvalue weighted by atomic mass is 32.1. The van der Waals surface area contributed by atoms with E-state index in [0.717, 1.165) is 17.7 Å². The van der Waals surface area contributed by atoms with Crippen molar-refractivity contribution in [1.29, 1.82) is 0 Å². The second-order valence-electron chi connectivity index (χ2n) is 6.30. The van der Waals surface area contributed by atoms with Crippen LogP contribution in [0.3, 0.4) is 0 Å². The minimum atomic E-state index is -0.292. The number of hydrogen-bond donors (Lipinski definition) is 0. The van der Waals surface area contributed by atoms with Gasteiger partial charge in [-0.05, 0) is 36.3 Å². The number of ether oxygens (including phenoxy) is 1. The number of likely N-dealkylation sites (tertiary alicyclic amines) is 1. The summed E-state index contributed by atoms with van der Waals surface area (Å²) in [5.74, 6) is -0.0927. The van der Waals surface area contributed by atoms with Gasteiger partial charge < -0.3 is 9.64 Å². The van der Waals surface area contributed by atoms with Crippen LogP contribution >= 0.6 is 11.3 Å². The third-order valence-electron chi connectivity index (χ3n) is 4.58. The van der Waals surface area contributed by atoms with E-state index in [-0.39, 0.29) is 29.9 Å². The van der Waals surface area contributed by atoms with Crippen LogP contribution in [0, 0.1) is 5.92 Å². The predicted molar refractivity (Wildman–Crippen MR) is 97.7 cm³/mol. The second kappa shape index (κ2) is 8.27. The van der Waals surface area contributed by atoms with Gasteiger partial charge >= 0.3 is 5.97 Å². The summed E-state index contributed by atoms with van der Waals surface area (Å²) in [6, 6.07) is 6.96. The van der Waals surface area contributed by atoms with Gasteiger partial charge in [-0.15, -0.1) is 11.3 Å². The fourth-order valence-corrected chi connectivity index (χ4v) is 3.74. The summed E-state index contributed by atoms with van der Waals surface area (Å²) in [5, 5.41) is 6.26. The summed E-state index contributed by atoms with van der Waals surface area (Å²) in [7, 11) is 1.38. The molecule has 1 fully saturated rings. The van der Waals surface area contributed by atoms with Crippen molar-refractivity contribution in [2.75, 3.05) is 20.2 Å². The van der Waals surface area contributed by atoms with E-state index in [0.29, 0.717) is 25.2 Å². The lowest BCUT2D eigenvalue weighted by atomic mass is 9.93. The van der Waals surface area contributed by atoms with Gasteiger partial charge in [-0.25, -0.2) is 4.68 Å². The van der Waals surface area contributed by atoms with Crippen LogP contribution in [0.1, 0.15) is 19.3 Å². The Morgan fingerprint density at radius 3 is 2.69 bits per heavy atom. The molecular weight excluding hydrogens is 354 g/mol. The average Bonchev–Trinajstić information content (AvgIpc) is 3.18. The summed E-state index contributed by atoms with van der Waals surface area (Å²) in [6.07, 6.45) is 1.92. The highest BCUT2D eigenvalue weighted by molar-refractivity contribution is 7.13. The van der Waals surface area contributed by atoms with Crippen LogP contribution in [0.5, 0.6) is 0 Å². The van der Waals surface area contributed by atoms with Crippen molar-refractivity contribution >= 4 is 23.2 Å². The third kappa shape index (κ3) is 4.37. The molecule has 0 spiro atoms. The zero-order valence-electron chi connectivity index (χ0n) is 14.6. The van der Waals surface area contributed by atoms with E-state index in [1.165, 1.54) is 29.2 Å². The van der Waals surface area contributed by atoms with Gasteiger partial charge in [-0.3, -0.25) is 14.4 Å². The van der Waals surface area contributed by atoms with Crippen LogP contribution < -0.4 is 5.56 Å². The molecule has 0 aromatic carbocycles. The van der Waals surface area contributed by atoms with Gasteiger partial charge in [0.2, 0.25) is 5.91 Å². The monoisotopic (exact) mass is 375 g/mol. The molecule has 1 amide bonds. The Kier molecular flexibility index (Phi) is 5.82. The molecule has 2 aromatic rings. The molecule has 0 radical (unpaired) electrons. The van der Waals surface area contributed by atoms with Gasteiger partial charge in [-0.1, -0.05) is 6.07 Å². The molecule has 0 N–H and O–H groups in total. The Hall–Kier alpha value is -2.48. The van der Waals surface area contributed by atoms with Crippen molar-refractivity contribution in [2.24, 2.45) is 5.92 Å². The van der Waals surface area contributed by atoms with Crippen molar-refractivity contribution in [3.05, 3.63) is 40.0 Å². The zero-order valence-corrected chi connectivity index (χ0v) is 15.4. The van der Waals surface area contributed by atoms with Crippen molar-refractivity contribution in [3.63, 3.8) is 0 Å². The molecule has 0 saturated carbocycles. The van der Waals surface area contributed by atoms with E-state index in [1.54, 1.807) is 11.0 Å². The average molecular weight is 375 g/mol. The molecule has 8 heteroatoms. The maximum atomic E-state index is 12.5. The quantitative estimate of drug-likeness (QED) is 0.744. The number of hydrogen-bond acceptors (Lipinski definition) is 6. The molecule has 1 saturated heterocycles. The summed E-state index contributed by atoms with van der Waals surface area (Å²) in [6.45, 7) is 1.10. The molecule has 138 valence electrons. The molecule has 0 unspecified atom stereocenters.